The second-order valence-corrected chi connectivity index (χ2v) is 4.76. The van der Waals surface area contributed by atoms with Gasteiger partial charge < -0.3 is 16.4 Å². The van der Waals surface area contributed by atoms with Gasteiger partial charge in [-0.05, 0) is 36.4 Å². The lowest BCUT2D eigenvalue weighted by atomic mass is 10.2. The van der Waals surface area contributed by atoms with Crippen molar-refractivity contribution in [2.24, 2.45) is 0 Å². The number of amides is 2. The molecule has 0 bridgehead atoms. The fraction of sp³-hybridized carbons (Fsp3) is 0. The molecule has 0 fully saturated rings. The van der Waals surface area contributed by atoms with Gasteiger partial charge in [0.25, 0.3) is 0 Å². The minimum Gasteiger partial charge on any atom is -0.396 e. The number of urea groups is 1. The third-order valence-electron chi connectivity index (χ3n) is 2.44. The number of carbonyl (C=O) groups excluding carboxylic acids is 1. The highest BCUT2D eigenvalue weighted by Crippen LogP contribution is 2.25. The van der Waals surface area contributed by atoms with Gasteiger partial charge in [-0.2, -0.15) is 0 Å². The van der Waals surface area contributed by atoms with Crippen LogP contribution in [-0.4, -0.2) is 6.03 Å². The number of hydrogen-bond acceptors (Lipinski definition) is 2. The average molecular weight is 314 g/mol. The highest BCUT2D eigenvalue weighted by molar-refractivity contribution is 6.42. The van der Waals surface area contributed by atoms with Gasteiger partial charge in [0.1, 0.15) is 5.82 Å². The first-order chi connectivity index (χ1) is 9.45. The lowest BCUT2D eigenvalue weighted by molar-refractivity contribution is 0.262. The molecule has 0 radical (unpaired) electrons. The summed E-state index contributed by atoms with van der Waals surface area (Å²) < 4.78 is 13.2. The van der Waals surface area contributed by atoms with Crippen molar-refractivity contribution < 1.29 is 9.18 Å². The van der Waals surface area contributed by atoms with E-state index in [4.69, 9.17) is 28.9 Å². The zero-order chi connectivity index (χ0) is 14.7. The standard InChI is InChI=1S/C13H10Cl2FN3O/c14-9-3-1-7(5-10(9)15)18-13(20)19-8-2-4-12(17)11(16)6-8/h1-6H,17H2,(H2,18,19,20). The van der Waals surface area contributed by atoms with Crippen LogP contribution < -0.4 is 16.4 Å². The Hall–Kier alpha value is -1.98. The molecule has 0 aliphatic heterocycles. The van der Waals surface area contributed by atoms with E-state index in [1.807, 2.05) is 0 Å². The predicted octanol–water partition coefficient (Wildman–Crippen LogP) is 4.36. The van der Waals surface area contributed by atoms with E-state index in [1.165, 1.54) is 18.2 Å². The number of carbonyl (C=O) groups is 1. The van der Waals surface area contributed by atoms with Gasteiger partial charge in [-0.25, -0.2) is 9.18 Å². The van der Waals surface area contributed by atoms with Gasteiger partial charge >= 0.3 is 6.03 Å². The van der Waals surface area contributed by atoms with Crippen molar-refractivity contribution in [1.82, 2.24) is 0 Å². The Balaban J connectivity index is 2.04. The van der Waals surface area contributed by atoms with Crippen molar-refractivity contribution in [3.05, 3.63) is 52.3 Å². The number of rotatable bonds is 2. The lowest BCUT2D eigenvalue weighted by Gasteiger charge is -2.09. The van der Waals surface area contributed by atoms with Crippen LogP contribution in [-0.2, 0) is 0 Å². The summed E-state index contributed by atoms with van der Waals surface area (Å²) in [6.07, 6.45) is 0. The predicted molar refractivity (Wildman–Crippen MR) is 79.9 cm³/mol. The van der Waals surface area contributed by atoms with Gasteiger partial charge in [0.2, 0.25) is 0 Å². The first-order valence-electron chi connectivity index (χ1n) is 5.54. The SMILES string of the molecule is Nc1ccc(NC(=O)Nc2ccc(Cl)c(Cl)c2)cc1F. The fourth-order valence-corrected chi connectivity index (χ4v) is 1.77. The first kappa shape index (κ1) is 14.4. The van der Waals surface area contributed by atoms with Crippen LogP contribution in [0.1, 0.15) is 0 Å². The molecule has 0 aromatic heterocycles. The summed E-state index contributed by atoms with van der Waals surface area (Å²) in [5.41, 5.74) is 6.11. The van der Waals surface area contributed by atoms with Crippen LogP contribution in [0.5, 0.6) is 0 Å². The Morgan fingerprint density at radius 1 is 1.00 bits per heavy atom. The summed E-state index contributed by atoms with van der Waals surface area (Å²) in [5.74, 6) is -0.600. The van der Waals surface area contributed by atoms with Crippen molar-refractivity contribution in [2.45, 2.75) is 0 Å². The Labute approximate surface area is 124 Å². The number of benzene rings is 2. The fourth-order valence-electron chi connectivity index (χ4n) is 1.47. The van der Waals surface area contributed by atoms with E-state index in [1.54, 1.807) is 12.1 Å². The summed E-state index contributed by atoms with van der Waals surface area (Å²) in [7, 11) is 0. The molecule has 20 heavy (non-hydrogen) atoms. The Morgan fingerprint density at radius 2 is 1.60 bits per heavy atom. The molecule has 0 heterocycles. The van der Waals surface area contributed by atoms with Crippen LogP contribution in [0.25, 0.3) is 0 Å². The molecule has 0 spiro atoms. The van der Waals surface area contributed by atoms with Crippen LogP contribution in [0.2, 0.25) is 10.0 Å². The molecule has 0 aliphatic carbocycles. The molecule has 2 aromatic carbocycles. The van der Waals surface area contributed by atoms with E-state index in [-0.39, 0.29) is 11.4 Å². The maximum Gasteiger partial charge on any atom is 0.323 e. The molecule has 4 N–H and O–H groups in total. The molecule has 7 heteroatoms. The monoisotopic (exact) mass is 313 g/mol. The molecule has 2 rings (SSSR count). The van der Waals surface area contributed by atoms with Gasteiger partial charge in [-0.3, -0.25) is 0 Å². The number of halogens is 3. The summed E-state index contributed by atoms with van der Waals surface area (Å²) >= 11 is 11.6. The Bertz CT molecular complexity index is 609. The number of nitrogen functional groups attached to an aromatic ring is 1. The summed E-state index contributed by atoms with van der Waals surface area (Å²) in [5, 5.41) is 5.73. The van der Waals surface area contributed by atoms with Gasteiger partial charge in [0.05, 0.1) is 15.7 Å². The van der Waals surface area contributed by atoms with Crippen LogP contribution in [0.4, 0.5) is 26.2 Å². The molecule has 0 unspecified atom stereocenters. The van der Waals surface area contributed by atoms with Crippen molar-refractivity contribution in [2.75, 3.05) is 16.4 Å². The van der Waals surface area contributed by atoms with Gasteiger partial charge in [0, 0.05) is 11.4 Å². The number of nitrogens with one attached hydrogen (secondary N) is 2. The summed E-state index contributed by atoms with van der Waals surface area (Å²) in [4.78, 5) is 11.7. The van der Waals surface area contributed by atoms with Gasteiger partial charge in [-0.1, -0.05) is 23.2 Å². The minimum absolute atomic E-state index is 0.0143. The maximum atomic E-state index is 13.2. The third-order valence-corrected chi connectivity index (χ3v) is 3.17. The Kier molecular flexibility index (Phi) is 4.32. The van der Waals surface area contributed by atoms with E-state index in [9.17, 15) is 9.18 Å². The number of anilines is 3. The van der Waals surface area contributed by atoms with Crippen molar-refractivity contribution >= 4 is 46.3 Å². The quantitative estimate of drug-likeness (QED) is 0.721. The number of nitrogens with two attached hydrogens (primary N) is 1. The summed E-state index contributed by atoms with van der Waals surface area (Å²) in [6.45, 7) is 0. The zero-order valence-corrected chi connectivity index (χ0v) is 11.6. The van der Waals surface area contributed by atoms with Crippen LogP contribution >= 0.6 is 23.2 Å². The largest absolute Gasteiger partial charge is 0.396 e. The lowest BCUT2D eigenvalue weighted by Crippen LogP contribution is -2.19. The molecule has 0 atom stereocenters. The van der Waals surface area contributed by atoms with E-state index in [0.29, 0.717) is 15.7 Å². The Morgan fingerprint density at radius 3 is 2.20 bits per heavy atom. The van der Waals surface area contributed by atoms with Crippen LogP contribution in [0.3, 0.4) is 0 Å². The van der Waals surface area contributed by atoms with E-state index in [2.05, 4.69) is 10.6 Å². The molecule has 2 amide bonds. The third kappa shape index (κ3) is 3.53. The maximum absolute atomic E-state index is 13.2. The first-order valence-corrected chi connectivity index (χ1v) is 6.29. The van der Waals surface area contributed by atoms with E-state index in [0.717, 1.165) is 6.07 Å². The summed E-state index contributed by atoms with van der Waals surface area (Å²) in [6, 6.07) is 8.11. The smallest absolute Gasteiger partial charge is 0.323 e. The van der Waals surface area contributed by atoms with Gasteiger partial charge in [0.15, 0.2) is 0 Å². The average Bonchev–Trinajstić information content (AvgIpc) is 2.38. The second kappa shape index (κ2) is 5.98. The molecule has 2 aromatic rings. The molecule has 104 valence electrons. The van der Waals surface area contributed by atoms with Crippen molar-refractivity contribution in [1.29, 1.82) is 0 Å². The topological polar surface area (TPSA) is 67.1 Å². The molecule has 0 saturated heterocycles. The van der Waals surface area contributed by atoms with Crippen molar-refractivity contribution in [3.8, 4) is 0 Å². The highest BCUT2D eigenvalue weighted by atomic mass is 35.5. The van der Waals surface area contributed by atoms with Crippen LogP contribution in [0, 0.1) is 5.82 Å². The zero-order valence-electron chi connectivity index (χ0n) is 10.1. The van der Waals surface area contributed by atoms with E-state index >= 15 is 0 Å². The minimum atomic E-state index is -0.600. The molecular formula is C13H10Cl2FN3O. The molecule has 4 nitrogen and oxygen atoms in total. The molecule has 0 saturated carbocycles. The van der Waals surface area contributed by atoms with Gasteiger partial charge in [-0.15, -0.1) is 0 Å². The number of hydrogen-bond donors (Lipinski definition) is 3. The van der Waals surface area contributed by atoms with E-state index < -0.39 is 11.8 Å². The van der Waals surface area contributed by atoms with Crippen LogP contribution in [0.15, 0.2) is 36.4 Å². The molecular weight excluding hydrogens is 304 g/mol. The second-order valence-electron chi connectivity index (χ2n) is 3.94. The highest BCUT2D eigenvalue weighted by Gasteiger charge is 2.06. The molecule has 0 aliphatic rings. The normalized spacial score (nSPS) is 10.2. The van der Waals surface area contributed by atoms with Crippen molar-refractivity contribution in [3.63, 3.8) is 0 Å².